The van der Waals surface area contributed by atoms with Crippen molar-refractivity contribution in [3.05, 3.63) is 35.4 Å². The minimum atomic E-state index is -3.19. The van der Waals surface area contributed by atoms with Crippen molar-refractivity contribution in [2.24, 2.45) is 5.92 Å². The lowest BCUT2D eigenvalue weighted by Gasteiger charge is -2.32. The predicted molar refractivity (Wildman–Crippen MR) is 88.6 cm³/mol. The first-order valence-corrected chi connectivity index (χ1v) is 9.60. The normalized spacial score (nSPS) is 18.9. The van der Waals surface area contributed by atoms with Crippen LogP contribution in [0, 0.1) is 5.92 Å². The van der Waals surface area contributed by atoms with Crippen LogP contribution in [0.15, 0.2) is 24.3 Å². The number of ether oxygens (including phenoxy) is 1. The molecule has 1 atom stereocenters. The Labute approximate surface area is 137 Å². The van der Waals surface area contributed by atoms with E-state index in [-0.39, 0.29) is 11.8 Å². The number of sulfonamides is 1. The molecular formula is C16H24N2O4S. The highest BCUT2D eigenvalue weighted by Gasteiger charge is 2.25. The van der Waals surface area contributed by atoms with E-state index in [0.29, 0.717) is 31.8 Å². The molecule has 23 heavy (non-hydrogen) atoms. The lowest BCUT2D eigenvalue weighted by Crippen LogP contribution is -2.43. The number of rotatable bonds is 6. The van der Waals surface area contributed by atoms with Crippen LogP contribution in [-0.4, -0.2) is 52.2 Å². The topological polar surface area (TPSA) is 75.7 Å². The molecule has 128 valence electrons. The van der Waals surface area contributed by atoms with Crippen molar-refractivity contribution in [1.82, 2.24) is 9.62 Å². The number of piperidine rings is 1. The Balaban J connectivity index is 1.95. The van der Waals surface area contributed by atoms with Crippen molar-refractivity contribution < 1.29 is 17.9 Å². The molecule has 1 aliphatic heterocycles. The molecule has 0 aromatic heterocycles. The number of nitrogens with zero attached hydrogens (tertiary/aromatic N) is 1. The fraction of sp³-hybridized carbons (Fsp3) is 0.562. The number of carbonyl (C=O) groups excluding carboxylic acids is 1. The summed E-state index contributed by atoms with van der Waals surface area (Å²) in [6.07, 6.45) is 2.98. The number of nitrogens with one attached hydrogen (secondary N) is 1. The van der Waals surface area contributed by atoms with Gasteiger partial charge in [0.2, 0.25) is 10.0 Å². The van der Waals surface area contributed by atoms with Gasteiger partial charge >= 0.3 is 0 Å². The zero-order valence-corrected chi connectivity index (χ0v) is 14.4. The maximum absolute atomic E-state index is 12.6. The molecule has 1 aromatic carbocycles. The highest BCUT2D eigenvalue weighted by molar-refractivity contribution is 7.88. The van der Waals surface area contributed by atoms with Gasteiger partial charge in [0, 0.05) is 32.3 Å². The first-order valence-electron chi connectivity index (χ1n) is 7.71. The van der Waals surface area contributed by atoms with E-state index in [2.05, 4.69) is 4.72 Å². The number of hydrogen-bond acceptors (Lipinski definition) is 4. The zero-order valence-electron chi connectivity index (χ0n) is 13.6. The molecule has 0 unspecified atom stereocenters. The monoisotopic (exact) mass is 340 g/mol. The molecule has 1 aliphatic rings. The lowest BCUT2D eigenvalue weighted by atomic mass is 9.97. The smallest absolute Gasteiger partial charge is 0.253 e. The van der Waals surface area contributed by atoms with Crippen molar-refractivity contribution in [3.8, 4) is 0 Å². The molecule has 0 bridgehead atoms. The van der Waals surface area contributed by atoms with Gasteiger partial charge in [-0.25, -0.2) is 13.1 Å². The Morgan fingerprint density at radius 1 is 1.35 bits per heavy atom. The Morgan fingerprint density at radius 2 is 2.04 bits per heavy atom. The Hall–Kier alpha value is -1.44. The van der Waals surface area contributed by atoms with Crippen LogP contribution in [0.2, 0.25) is 0 Å². The van der Waals surface area contributed by atoms with E-state index in [0.717, 1.165) is 24.7 Å². The second-order valence-electron chi connectivity index (χ2n) is 6.01. The number of hydrogen-bond donors (Lipinski definition) is 1. The van der Waals surface area contributed by atoms with Gasteiger partial charge in [0.25, 0.3) is 5.91 Å². The van der Waals surface area contributed by atoms with Gasteiger partial charge in [-0.1, -0.05) is 12.1 Å². The van der Waals surface area contributed by atoms with E-state index in [1.807, 2.05) is 29.2 Å². The van der Waals surface area contributed by atoms with Crippen molar-refractivity contribution in [2.45, 2.75) is 19.4 Å². The van der Waals surface area contributed by atoms with Crippen LogP contribution in [-0.2, 0) is 21.4 Å². The summed E-state index contributed by atoms with van der Waals surface area (Å²) in [6, 6.07) is 7.41. The molecule has 0 saturated carbocycles. The van der Waals surface area contributed by atoms with Gasteiger partial charge < -0.3 is 9.64 Å². The van der Waals surface area contributed by atoms with Crippen LogP contribution in [0.5, 0.6) is 0 Å². The SMILES string of the molecule is COCc1ccc(C(=O)N2CCC[C@H](CNS(C)(=O)=O)C2)cc1. The predicted octanol–water partition coefficient (Wildman–Crippen LogP) is 1.23. The maximum atomic E-state index is 12.6. The molecule has 0 spiro atoms. The minimum Gasteiger partial charge on any atom is -0.380 e. The number of benzene rings is 1. The van der Waals surface area contributed by atoms with Gasteiger partial charge in [0.1, 0.15) is 0 Å². The molecule has 1 heterocycles. The quantitative estimate of drug-likeness (QED) is 0.845. The zero-order chi connectivity index (χ0) is 16.9. The number of carbonyl (C=O) groups is 1. The molecule has 6 nitrogen and oxygen atoms in total. The van der Waals surface area contributed by atoms with Crippen molar-refractivity contribution in [1.29, 1.82) is 0 Å². The molecular weight excluding hydrogens is 316 g/mol. The molecule has 1 N–H and O–H groups in total. The average Bonchev–Trinajstić information content (AvgIpc) is 2.53. The summed E-state index contributed by atoms with van der Waals surface area (Å²) in [5, 5.41) is 0. The summed E-state index contributed by atoms with van der Waals surface area (Å²) >= 11 is 0. The van der Waals surface area contributed by atoms with Crippen LogP contribution in [0.3, 0.4) is 0 Å². The van der Waals surface area contributed by atoms with E-state index in [4.69, 9.17) is 4.74 Å². The lowest BCUT2D eigenvalue weighted by molar-refractivity contribution is 0.0676. The Kier molecular flexibility index (Phi) is 6.15. The van der Waals surface area contributed by atoms with Gasteiger partial charge in [-0.15, -0.1) is 0 Å². The summed E-state index contributed by atoms with van der Waals surface area (Å²) in [4.78, 5) is 14.4. The second-order valence-corrected chi connectivity index (χ2v) is 7.84. The second kappa shape index (κ2) is 7.90. The standard InChI is InChI=1S/C16H24N2O4S/c1-22-12-13-5-7-15(8-6-13)16(19)18-9-3-4-14(11-18)10-17-23(2,20)21/h5-8,14,17H,3-4,9-12H2,1-2H3/t14-/m1/s1. The molecule has 1 fully saturated rings. The van der Waals surface area contributed by atoms with E-state index < -0.39 is 10.0 Å². The third-order valence-electron chi connectivity index (χ3n) is 3.95. The van der Waals surface area contributed by atoms with Crippen molar-refractivity contribution in [3.63, 3.8) is 0 Å². The third-order valence-corrected chi connectivity index (χ3v) is 4.64. The summed E-state index contributed by atoms with van der Waals surface area (Å²) in [5.41, 5.74) is 1.68. The molecule has 1 saturated heterocycles. The summed E-state index contributed by atoms with van der Waals surface area (Å²) in [7, 11) is -1.55. The average molecular weight is 340 g/mol. The van der Waals surface area contributed by atoms with Crippen LogP contribution in [0.1, 0.15) is 28.8 Å². The molecule has 2 rings (SSSR count). The summed E-state index contributed by atoms with van der Waals surface area (Å²) in [5.74, 6) is 0.160. The van der Waals surface area contributed by atoms with E-state index >= 15 is 0 Å². The first-order chi connectivity index (χ1) is 10.9. The highest BCUT2D eigenvalue weighted by atomic mass is 32.2. The Bertz CT molecular complexity index is 628. The number of likely N-dealkylation sites (tertiary alicyclic amines) is 1. The van der Waals surface area contributed by atoms with Crippen LogP contribution in [0.4, 0.5) is 0 Å². The third kappa shape index (κ3) is 5.60. The minimum absolute atomic E-state index is 0.00183. The molecule has 1 amide bonds. The molecule has 0 aliphatic carbocycles. The van der Waals surface area contributed by atoms with Crippen LogP contribution < -0.4 is 4.72 Å². The fourth-order valence-corrected chi connectivity index (χ4v) is 3.32. The maximum Gasteiger partial charge on any atom is 0.253 e. The van der Waals surface area contributed by atoms with E-state index in [1.165, 1.54) is 0 Å². The molecule has 0 radical (unpaired) electrons. The first kappa shape index (κ1) is 17.9. The van der Waals surface area contributed by atoms with Gasteiger partial charge in [0.05, 0.1) is 12.9 Å². The van der Waals surface area contributed by atoms with Gasteiger partial charge in [-0.2, -0.15) is 0 Å². The van der Waals surface area contributed by atoms with Gasteiger partial charge in [0.15, 0.2) is 0 Å². The van der Waals surface area contributed by atoms with E-state index in [1.54, 1.807) is 7.11 Å². The fourth-order valence-electron chi connectivity index (χ4n) is 2.78. The van der Waals surface area contributed by atoms with Crippen molar-refractivity contribution in [2.75, 3.05) is 33.0 Å². The van der Waals surface area contributed by atoms with Gasteiger partial charge in [-0.3, -0.25) is 4.79 Å². The highest BCUT2D eigenvalue weighted by Crippen LogP contribution is 2.18. The summed E-state index contributed by atoms with van der Waals surface area (Å²) < 4.78 is 30.0. The van der Waals surface area contributed by atoms with Crippen LogP contribution in [0.25, 0.3) is 0 Å². The number of methoxy groups -OCH3 is 1. The largest absolute Gasteiger partial charge is 0.380 e. The van der Waals surface area contributed by atoms with Crippen molar-refractivity contribution >= 4 is 15.9 Å². The summed E-state index contributed by atoms with van der Waals surface area (Å²) in [6.45, 7) is 2.21. The Morgan fingerprint density at radius 3 is 2.65 bits per heavy atom. The van der Waals surface area contributed by atoms with E-state index in [9.17, 15) is 13.2 Å². The molecule has 1 aromatic rings. The van der Waals surface area contributed by atoms with Gasteiger partial charge in [-0.05, 0) is 36.5 Å². The van der Waals surface area contributed by atoms with Crippen LogP contribution >= 0.6 is 0 Å². The molecule has 7 heteroatoms. The number of amides is 1.